The molecule has 1 aliphatic heterocycles. The van der Waals surface area contributed by atoms with Gasteiger partial charge in [0.15, 0.2) is 12.4 Å². The van der Waals surface area contributed by atoms with Gasteiger partial charge in [-0.05, 0) is 13.8 Å². The lowest BCUT2D eigenvalue weighted by molar-refractivity contribution is -0.0128. The lowest BCUT2D eigenvalue weighted by Crippen LogP contribution is -2.40. The maximum absolute atomic E-state index is 14.6. The fourth-order valence-electron chi connectivity index (χ4n) is 2.34. The molecule has 0 spiro atoms. The van der Waals surface area contributed by atoms with Crippen molar-refractivity contribution in [2.24, 2.45) is 0 Å². The Kier molecular flexibility index (Phi) is 5.52. The fourth-order valence-corrected chi connectivity index (χ4v) is 2.69. The molecule has 1 N–H and O–H groups in total. The predicted octanol–water partition coefficient (Wildman–Crippen LogP) is 1.69. The molecule has 0 bridgehead atoms. The molecule has 1 saturated heterocycles. The van der Waals surface area contributed by atoms with Crippen molar-refractivity contribution in [1.82, 2.24) is 9.97 Å². The highest BCUT2D eigenvalue weighted by Gasteiger charge is 2.49. The van der Waals surface area contributed by atoms with Gasteiger partial charge in [-0.3, -0.25) is 4.52 Å². The normalized spacial score (nSPS) is 28.0. The highest BCUT2D eigenvalue weighted by molar-refractivity contribution is 7.17. The zero-order chi connectivity index (χ0) is 16.3. The van der Waals surface area contributed by atoms with Gasteiger partial charge in [0, 0.05) is 17.5 Å². The Morgan fingerprint density at radius 3 is 2.91 bits per heavy atom. The average Bonchev–Trinajstić information content (AvgIpc) is 2.82. The molecule has 2 rings (SSSR count). The van der Waals surface area contributed by atoms with E-state index in [2.05, 4.69) is 16.5 Å². The summed E-state index contributed by atoms with van der Waals surface area (Å²) in [4.78, 5) is 9.62. The maximum atomic E-state index is 14.6. The Morgan fingerprint density at radius 1 is 1.59 bits per heavy atom. The molecular formula is C13H17FN3O4P. The molecule has 0 amide bonds. The van der Waals surface area contributed by atoms with Gasteiger partial charge < -0.3 is 14.7 Å². The van der Waals surface area contributed by atoms with E-state index in [0.29, 0.717) is 5.82 Å². The Bertz CT molecular complexity index is 562. The number of hydrogen-bond donors (Lipinski definition) is 1. The molecule has 4 atom stereocenters. The minimum absolute atomic E-state index is 0.451. The molecule has 1 fully saturated rings. The number of nitrogens with zero attached hydrogens (tertiary/aromatic N) is 3. The van der Waals surface area contributed by atoms with Gasteiger partial charge >= 0.3 is 8.69 Å². The summed E-state index contributed by atoms with van der Waals surface area (Å²) in [7, 11) is -0.672. The Balaban J connectivity index is 2.33. The molecule has 2 heterocycles. The van der Waals surface area contributed by atoms with Crippen molar-refractivity contribution >= 4 is 14.5 Å². The van der Waals surface area contributed by atoms with Gasteiger partial charge in [-0.25, -0.2) is 18.9 Å². The molecule has 0 saturated carbocycles. The molecule has 9 heteroatoms. The molecule has 22 heavy (non-hydrogen) atoms. The van der Waals surface area contributed by atoms with Crippen LogP contribution >= 0.6 is 8.69 Å². The summed E-state index contributed by atoms with van der Waals surface area (Å²) in [5, 5.41) is 9.28. The van der Waals surface area contributed by atoms with E-state index in [4.69, 9.17) is 9.26 Å². The van der Waals surface area contributed by atoms with E-state index in [-0.39, 0.29) is 0 Å². The van der Waals surface area contributed by atoms with Gasteiger partial charge in [0.2, 0.25) is 0 Å². The first-order valence-corrected chi connectivity index (χ1v) is 7.36. The second-order valence-corrected chi connectivity index (χ2v) is 5.19. The molecule has 7 nitrogen and oxygen atoms in total. The second-order valence-electron chi connectivity index (χ2n) is 4.83. The largest absolute Gasteiger partial charge is 0.394 e. The van der Waals surface area contributed by atoms with Crippen LogP contribution in [0.15, 0.2) is 19.1 Å². The van der Waals surface area contributed by atoms with Gasteiger partial charge in [-0.2, -0.15) is 0 Å². The number of rotatable bonds is 6. The van der Waals surface area contributed by atoms with Crippen molar-refractivity contribution in [1.29, 1.82) is 0 Å². The van der Waals surface area contributed by atoms with Crippen molar-refractivity contribution in [3.05, 3.63) is 30.4 Å². The number of aryl methyl sites for hydroxylation is 1. The summed E-state index contributed by atoms with van der Waals surface area (Å²) < 4.78 is 35.5. The molecular weight excluding hydrogens is 312 g/mol. The van der Waals surface area contributed by atoms with Crippen molar-refractivity contribution in [3.8, 4) is 0 Å². The minimum atomic E-state index is -1.63. The van der Waals surface area contributed by atoms with Crippen molar-refractivity contribution < 1.29 is 23.3 Å². The summed E-state index contributed by atoms with van der Waals surface area (Å²) in [5.41, 5.74) is 1.50. The molecule has 120 valence electrons. The van der Waals surface area contributed by atoms with Crippen LogP contribution in [0.4, 0.5) is 10.2 Å². The Labute approximate surface area is 129 Å². The van der Waals surface area contributed by atoms with E-state index < -0.39 is 39.9 Å². The summed E-state index contributed by atoms with van der Waals surface area (Å²) >= 11 is 0. The topological polar surface area (TPSA) is 84.8 Å². The van der Waals surface area contributed by atoms with E-state index in [1.54, 1.807) is 6.92 Å². The van der Waals surface area contributed by atoms with Crippen LogP contribution in [0.2, 0.25) is 0 Å². The maximum Gasteiger partial charge on any atom is 0.327 e. The summed E-state index contributed by atoms with van der Waals surface area (Å²) in [6.07, 6.45) is -2.03. The lowest BCUT2D eigenvalue weighted by Gasteiger charge is -2.28. The van der Waals surface area contributed by atoms with Crippen molar-refractivity contribution in [2.75, 3.05) is 11.5 Å². The van der Waals surface area contributed by atoms with Gasteiger partial charge in [0.1, 0.15) is 24.4 Å². The molecule has 1 unspecified atom stereocenters. The SMILES string of the molecule is C=CN(c1ncnc(C)c1C)[C@@H]1OC(CO)[C@@H](OP=O)[C@H]1F. The first kappa shape index (κ1) is 16.9. The summed E-state index contributed by atoms with van der Waals surface area (Å²) in [6.45, 7) is 6.82. The highest BCUT2D eigenvalue weighted by atomic mass is 31.1. The molecule has 0 aromatic carbocycles. The van der Waals surface area contributed by atoms with Crippen molar-refractivity contribution in [3.63, 3.8) is 0 Å². The van der Waals surface area contributed by atoms with E-state index >= 15 is 0 Å². The van der Waals surface area contributed by atoms with Crippen LogP contribution in [0.5, 0.6) is 0 Å². The fraction of sp³-hybridized carbons (Fsp3) is 0.538. The third kappa shape index (κ3) is 3.01. The number of aliphatic hydroxyl groups is 1. The second kappa shape index (κ2) is 7.19. The molecule has 1 aromatic rings. The van der Waals surface area contributed by atoms with Crippen LogP contribution in [0.1, 0.15) is 11.3 Å². The standard InChI is InChI=1S/C13H17FN3O4P/c1-4-17(12-7(2)8(3)15-6-16-12)13-10(14)11(21-22-19)9(5-18)20-13/h4,6,9-11,13,18H,1,5H2,2-3H3/t9?,10-,11-,13-/m1/s1. The van der Waals surface area contributed by atoms with Crippen molar-refractivity contribution in [2.45, 2.75) is 38.5 Å². The Morgan fingerprint density at radius 2 is 2.32 bits per heavy atom. The van der Waals surface area contributed by atoms with Crippen LogP contribution in [-0.2, 0) is 13.8 Å². The van der Waals surface area contributed by atoms with E-state index in [1.165, 1.54) is 17.4 Å². The molecule has 0 radical (unpaired) electrons. The van der Waals surface area contributed by atoms with Crippen LogP contribution in [0, 0.1) is 13.8 Å². The number of halogens is 1. The zero-order valence-electron chi connectivity index (χ0n) is 12.2. The summed E-state index contributed by atoms with van der Waals surface area (Å²) in [5.74, 6) is 0.451. The average molecular weight is 329 g/mol. The van der Waals surface area contributed by atoms with E-state index in [0.717, 1.165) is 11.3 Å². The number of ether oxygens (including phenoxy) is 1. The quantitative estimate of drug-likeness (QED) is 0.795. The van der Waals surface area contributed by atoms with Gasteiger partial charge in [-0.15, -0.1) is 0 Å². The number of alkyl halides is 1. The smallest absolute Gasteiger partial charge is 0.327 e. The highest BCUT2D eigenvalue weighted by Crippen LogP contribution is 2.34. The van der Waals surface area contributed by atoms with Crippen LogP contribution < -0.4 is 4.90 Å². The first-order chi connectivity index (χ1) is 10.5. The third-order valence-electron chi connectivity index (χ3n) is 3.64. The minimum Gasteiger partial charge on any atom is -0.394 e. The van der Waals surface area contributed by atoms with Gasteiger partial charge in [-0.1, -0.05) is 6.58 Å². The van der Waals surface area contributed by atoms with E-state index in [1.807, 2.05) is 6.92 Å². The molecule has 0 aliphatic carbocycles. The van der Waals surface area contributed by atoms with Gasteiger partial charge in [0.05, 0.1) is 6.61 Å². The predicted molar refractivity (Wildman–Crippen MR) is 77.3 cm³/mol. The third-order valence-corrected chi connectivity index (χ3v) is 3.97. The lowest BCUT2D eigenvalue weighted by atomic mass is 10.1. The number of aliphatic hydroxyl groups excluding tert-OH is 1. The van der Waals surface area contributed by atoms with Gasteiger partial charge in [0.25, 0.3) is 0 Å². The summed E-state index contributed by atoms with van der Waals surface area (Å²) in [6, 6.07) is 0. The number of anilines is 1. The van der Waals surface area contributed by atoms with E-state index in [9.17, 15) is 14.1 Å². The van der Waals surface area contributed by atoms with Crippen LogP contribution in [0.25, 0.3) is 0 Å². The monoisotopic (exact) mass is 329 g/mol. The number of aromatic nitrogens is 2. The zero-order valence-corrected chi connectivity index (χ0v) is 13.1. The Hall–Kier alpha value is -1.47. The first-order valence-electron chi connectivity index (χ1n) is 6.63. The number of hydrogen-bond acceptors (Lipinski definition) is 7. The van der Waals surface area contributed by atoms with Crippen LogP contribution in [0.3, 0.4) is 0 Å². The van der Waals surface area contributed by atoms with Crippen LogP contribution in [-0.4, -0.2) is 46.3 Å². The molecule has 1 aliphatic rings. The molecule has 1 aromatic heterocycles.